The van der Waals surface area contributed by atoms with Gasteiger partial charge >= 0.3 is 0 Å². The summed E-state index contributed by atoms with van der Waals surface area (Å²) in [6, 6.07) is 6.90. The molecule has 5 heteroatoms. The Bertz CT molecular complexity index is 455. The zero-order chi connectivity index (χ0) is 14.1. The summed E-state index contributed by atoms with van der Waals surface area (Å²) < 4.78 is 26.5. The van der Waals surface area contributed by atoms with E-state index < -0.39 is 10.0 Å². The van der Waals surface area contributed by atoms with Gasteiger partial charge in [-0.15, -0.1) is 0 Å². The number of rotatable bonds is 9. The van der Waals surface area contributed by atoms with Crippen LogP contribution in [0.1, 0.15) is 31.7 Å². The van der Waals surface area contributed by atoms with E-state index in [1.165, 1.54) is 0 Å². The van der Waals surface area contributed by atoms with Crippen LogP contribution in [0.3, 0.4) is 0 Å². The normalized spacial score (nSPS) is 11.7. The highest BCUT2D eigenvalue weighted by Gasteiger charge is 2.12. The molecule has 0 bridgehead atoms. The van der Waals surface area contributed by atoms with E-state index in [1.54, 1.807) is 12.1 Å². The highest BCUT2D eigenvalue weighted by Crippen LogP contribution is 2.09. The summed E-state index contributed by atoms with van der Waals surface area (Å²) in [4.78, 5) is 0.335. The van der Waals surface area contributed by atoms with E-state index in [2.05, 4.69) is 17.0 Å². The lowest BCUT2D eigenvalue weighted by Gasteiger charge is -2.07. The van der Waals surface area contributed by atoms with Gasteiger partial charge in [-0.1, -0.05) is 24.6 Å². The second kappa shape index (κ2) is 8.30. The highest BCUT2D eigenvalue weighted by atomic mass is 32.2. The van der Waals surface area contributed by atoms with Crippen LogP contribution >= 0.6 is 0 Å². The molecule has 0 aliphatic rings. The summed E-state index contributed by atoms with van der Waals surface area (Å²) in [5.41, 5.74) is 1.06. The molecule has 0 saturated carbocycles. The molecule has 108 valence electrons. The first-order chi connectivity index (χ1) is 9.06. The Morgan fingerprint density at radius 1 is 1.00 bits per heavy atom. The van der Waals surface area contributed by atoms with Crippen molar-refractivity contribution in [3.63, 3.8) is 0 Å². The van der Waals surface area contributed by atoms with Gasteiger partial charge in [0.25, 0.3) is 0 Å². The van der Waals surface area contributed by atoms with Gasteiger partial charge in [-0.2, -0.15) is 0 Å². The first-order valence-electron chi connectivity index (χ1n) is 6.83. The van der Waals surface area contributed by atoms with Crippen LogP contribution < -0.4 is 10.0 Å². The molecule has 0 heterocycles. The van der Waals surface area contributed by atoms with E-state index >= 15 is 0 Å². The summed E-state index contributed by atoms with van der Waals surface area (Å²) in [5.74, 6) is 0. The smallest absolute Gasteiger partial charge is 0.240 e. The van der Waals surface area contributed by atoms with Crippen LogP contribution in [0.2, 0.25) is 0 Å². The predicted octanol–water partition coefficient (Wildman–Crippen LogP) is 2.05. The van der Waals surface area contributed by atoms with Crippen LogP contribution in [0.15, 0.2) is 29.2 Å². The lowest BCUT2D eigenvalue weighted by Crippen LogP contribution is -2.25. The van der Waals surface area contributed by atoms with E-state index in [0.717, 1.165) is 37.9 Å². The molecule has 19 heavy (non-hydrogen) atoms. The Labute approximate surface area is 116 Å². The van der Waals surface area contributed by atoms with Crippen molar-refractivity contribution in [2.75, 3.05) is 19.6 Å². The zero-order valence-corrected chi connectivity index (χ0v) is 12.6. The Balaban J connectivity index is 2.29. The standard InChI is InChI=1S/C14H24N2O2S/c1-3-10-15-11-4-5-12-16-19(17,18)14-8-6-13(2)7-9-14/h6-9,15-16H,3-5,10-12H2,1-2H3. The van der Waals surface area contributed by atoms with Crippen molar-refractivity contribution in [3.8, 4) is 0 Å². The number of sulfonamides is 1. The van der Waals surface area contributed by atoms with Gasteiger partial charge in [0.2, 0.25) is 10.0 Å². The fourth-order valence-electron chi connectivity index (χ4n) is 1.68. The van der Waals surface area contributed by atoms with Crippen molar-refractivity contribution in [3.05, 3.63) is 29.8 Å². The minimum Gasteiger partial charge on any atom is -0.317 e. The molecular formula is C14H24N2O2S. The summed E-state index contributed by atoms with van der Waals surface area (Å²) in [7, 11) is -3.34. The predicted molar refractivity (Wildman–Crippen MR) is 78.8 cm³/mol. The van der Waals surface area contributed by atoms with E-state index in [-0.39, 0.29) is 0 Å². The number of hydrogen-bond acceptors (Lipinski definition) is 3. The van der Waals surface area contributed by atoms with Crippen molar-refractivity contribution in [1.29, 1.82) is 0 Å². The third-order valence-electron chi connectivity index (χ3n) is 2.83. The van der Waals surface area contributed by atoms with Gasteiger partial charge in [0.05, 0.1) is 4.90 Å². The number of hydrogen-bond donors (Lipinski definition) is 2. The fourth-order valence-corrected chi connectivity index (χ4v) is 2.76. The second-order valence-electron chi connectivity index (χ2n) is 4.67. The molecule has 2 N–H and O–H groups in total. The fraction of sp³-hybridized carbons (Fsp3) is 0.571. The lowest BCUT2D eigenvalue weighted by molar-refractivity contribution is 0.570. The van der Waals surface area contributed by atoms with Gasteiger partial charge in [-0.05, 0) is 51.4 Å². The molecule has 0 fully saturated rings. The van der Waals surface area contributed by atoms with Gasteiger partial charge < -0.3 is 5.32 Å². The van der Waals surface area contributed by atoms with E-state index in [9.17, 15) is 8.42 Å². The van der Waals surface area contributed by atoms with Crippen LogP contribution in [-0.2, 0) is 10.0 Å². The molecule has 0 amide bonds. The first-order valence-corrected chi connectivity index (χ1v) is 8.31. The second-order valence-corrected chi connectivity index (χ2v) is 6.43. The van der Waals surface area contributed by atoms with Gasteiger partial charge in [-0.3, -0.25) is 0 Å². The summed E-state index contributed by atoms with van der Waals surface area (Å²) in [6.45, 7) is 6.52. The first kappa shape index (κ1) is 16.1. The molecule has 0 aromatic heterocycles. The van der Waals surface area contributed by atoms with Crippen LogP contribution in [0.25, 0.3) is 0 Å². The van der Waals surface area contributed by atoms with E-state index in [4.69, 9.17) is 0 Å². The largest absolute Gasteiger partial charge is 0.317 e. The molecule has 0 spiro atoms. The molecule has 1 aromatic rings. The molecule has 4 nitrogen and oxygen atoms in total. The SMILES string of the molecule is CCCNCCCCNS(=O)(=O)c1ccc(C)cc1. The third-order valence-corrected chi connectivity index (χ3v) is 4.31. The third kappa shape index (κ3) is 6.18. The number of benzene rings is 1. The Morgan fingerprint density at radius 2 is 1.63 bits per heavy atom. The quantitative estimate of drug-likeness (QED) is 0.682. The molecule has 0 radical (unpaired) electrons. The minimum atomic E-state index is -3.34. The maximum atomic E-state index is 12.0. The van der Waals surface area contributed by atoms with Crippen molar-refractivity contribution < 1.29 is 8.42 Å². The molecule has 0 unspecified atom stereocenters. The Hall–Kier alpha value is -0.910. The van der Waals surface area contributed by atoms with Crippen LogP contribution in [0, 0.1) is 6.92 Å². The summed E-state index contributed by atoms with van der Waals surface area (Å²) >= 11 is 0. The molecule has 1 rings (SSSR count). The van der Waals surface area contributed by atoms with Crippen molar-refractivity contribution >= 4 is 10.0 Å². The van der Waals surface area contributed by atoms with Crippen molar-refractivity contribution in [2.45, 2.75) is 38.0 Å². The average Bonchev–Trinajstić information content (AvgIpc) is 2.38. The van der Waals surface area contributed by atoms with E-state index in [1.807, 2.05) is 19.1 Å². The molecular weight excluding hydrogens is 260 g/mol. The van der Waals surface area contributed by atoms with Crippen molar-refractivity contribution in [2.24, 2.45) is 0 Å². The maximum Gasteiger partial charge on any atom is 0.240 e. The maximum absolute atomic E-state index is 12.0. The monoisotopic (exact) mass is 284 g/mol. The molecule has 0 atom stereocenters. The number of unbranched alkanes of at least 4 members (excludes halogenated alkanes) is 1. The Morgan fingerprint density at radius 3 is 2.26 bits per heavy atom. The average molecular weight is 284 g/mol. The summed E-state index contributed by atoms with van der Waals surface area (Å²) in [6.07, 6.45) is 2.96. The van der Waals surface area contributed by atoms with Gasteiger partial charge in [0, 0.05) is 6.54 Å². The lowest BCUT2D eigenvalue weighted by atomic mass is 10.2. The number of aryl methyl sites for hydroxylation is 1. The molecule has 0 aliphatic carbocycles. The van der Waals surface area contributed by atoms with Crippen LogP contribution in [-0.4, -0.2) is 28.1 Å². The van der Waals surface area contributed by atoms with Gasteiger partial charge in [-0.25, -0.2) is 13.1 Å². The van der Waals surface area contributed by atoms with Gasteiger partial charge in [0.15, 0.2) is 0 Å². The van der Waals surface area contributed by atoms with Crippen LogP contribution in [0.5, 0.6) is 0 Å². The van der Waals surface area contributed by atoms with Gasteiger partial charge in [0.1, 0.15) is 0 Å². The molecule has 0 saturated heterocycles. The van der Waals surface area contributed by atoms with E-state index in [0.29, 0.717) is 11.4 Å². The number of nitrogens with one attached hydrogen (secondary N) is 2. The molecule has 0 aliphatic heterocycles. The Kier molecular flexibility index (Phi) is 7.05. The minimum absolute atomic E-state index is 0.335. The zero-order valence-electron chi connectivity index (χ0n) is 11.8. The summed E-state index contributed by atoms with van der Waals surface area (Å²) in [5, 5.41) is 3.29. The van der Waals surface area contributed by atoms with Crippen LogP contribution in [0.4, 0.5) is 0 Å². The topological polar surface area (TPSA) is 58.2 Å². The highest BCUT2D eigenvalue weighted by molar-refractivity contribution is 7.89. The van der Waals surface area contributed by atoms with Crippen molar-refractivity contribution in [1.82, 2.24) is 10.0 Å². The molecule has 1 aromatic carbocycles.